The summed E-state index contributed by atoms with van der Waals surface area (Å²) in [6, 6.07) is 0. The number of rotatable bonds is 6. The second kappa shape index (κ2) is 7.70. The molecule has 1 aromatic heterocycles. The van der Waals surface area contributed by atoms with Gasteiger partial charge in [-0.2, -0.15) is 0 Å². The van der Waals surface area contributed by atoms with Crippen LogP contribution in [0.25, 0.3) is 6.08 Å². The van der Waals surface area contributed by atoms with E-state index < -0.39 is 0 Å². The zero-order chi connectivity index (χ0) is 15.2. The van der Waals surface area contributed by atoms with E-state index in [9.17, 15) is 5.11 Å². The van der Waals surface area contributed by atoms with E-state index in [2.05, 4.69) is 23.4 Å². The van der Waals surface area contributed by atoms with Crippen molar-refractivity contribution < 1.29 is 10.2 Å². The van der Waals surface area contributed by atoms with Gasteiger partial charge in [0, 0.05) is 10.1 Å². The monoisotopic (exact) mass is 400 g/mol. The Balaban J connectivity index is 2.26. The van der Waals surface area contributed by atoms with Gasteiger partial charge in [-0.3, -0.25) is 0 Å². The van der Waals surface area contributed by atoms with Gasteiger partial charge in [0.25, 0.3) is 0 Å². The number of halogens is 1. The molecule has 5 heteroatoms. The maximum Gasteiger partial charge on any atom is 0.126 e. The summed E-state index contributed by atoms with van der Waals surface area (Å²) < 4.78 is 4.56. The summed E-state index contributed by atoms with van der Waals surface area (Å²) in [5.41, 5.74) is 2.12. The van der Waals surface area contributed by atoms with E-state index in [4.69, 9.17) is 5.11 Å². The van der Waals surface area contributed by atoms with Gasteiger partial charge >= 0.3 is 0 Å². The fourth-order valence-electron chi connectivity index (χ4n) is 2.10. The van der Waals surface area contributed by atoms with E-state index in [1.165, 1.54) is 3.58 Å². The Morgan fingerprint density at radius 1 is 1.38 bits per heavy atom. The molecule has 0 spiro atoms. The predicted octanol–water partition coefficient (Wildman–Crippen LogP) is 3.34. The molecule has 1 aromatic rings. The zero-order valence-corrected chi connectivity index (χ0v) is 14.5. The van der Waals surface area contributed by atoms with Crippen LogP contribution in [0.1, 0.15) is 31.7 Å². The first-order chi connectivity index (χ1) is 10.2. The van der Waals surface area contributed by atoms with Crippen LogP contribution in [0.2, 0.25) is 0 Å². The number of aromatic nitrogens is 2. The molecule has 0 fully saturated rings. The average Bonchev–Trinajstić information content (AvgIpc) is 2.85. The summed E-state index contributed by atoms with van der Waals surface area (Å²) in [7, 11) is 0. The Morgan fingerprint density at radius 2 is 2.19 bits per heavy atom. The SMILES string of the molecule is CCc1ncn(CC2=IC(C)=CC=C2O)c1/C=C\CCO. The molecule has 0 aliphatic carbocycles. The maximum atomic E-state index is 10.0. The lowest BCUT2D eigenvalue weighted by Crippen LogP contribution is -2.12. The van der Waals surface area contributed by atoms with Gasteiger partial charge in [-0.15, -0.1) is 0 Å². The lowest BCUT2D eigenvalue weighted by Gasteiger charge is -2.12. The number of allylic oxidation sites excluding steroid dienone is 4. The van der Waals surface area contributed by atoms with Gasteiger partial charge in [-0.25, -0.2) is 4.98 Å². The van der Waals surface area contributed by atoms with Gasteiger partial charge in [0.05, 0.1) is 24.3 Å². The number of aliphatic hydroxyl groups excluding tert-OH is 2. The number of aryl methyl sites for hydroxylation is 1. The van der Waals surface area contributed by atoms with Crippen LogP contribution in [0.4, 0.5) is 0 Å². The van der Waals surface area contributed by atoms with Crippen LogP contribution in [-0.2, 0) is 13.0 Å². The molecule has 4 nitrogen and oxygen atoms in total. The molecule has 2 N–H and O–H groups in total. The standard InChI is InChI=1S/C16H21IN2O2/c1-3-14-15(6-4-5-9-20)19(11-18-14)10-13-16(21)8-7-12(2)17-13/h4,6-8,11,20-21H,3,5,9-10H2,1-2H3/b6-4-. The first-order valence-corrected chi connectivity index (χ1v) is 9.21. The first-order valence-electron chi connectivity index (χ1n) is 7.05. The molecule has 2 heterocycles. The third kappa shape index (κ3) is 4.14. The highest BCUT2D eigenvalue weighted by atomic mass is 127. The van der Waals surface area contributed by atoms with E-state index in [-0.39, 0.29) is 27.3 Å². The molecule has 21 heavy (non-hydrogen) atoms. The highest BCUT2D eigenvalue weighted by Gasteiger charge is 2.12. The molecular weight excluding hydrogens is 379 g/mol. The highest BCUT2D eigenvalue weighted by Crippen LogP contribution is 2.24. The van der Waals surface area contributed by atoms with Crippen molar-refractivity contribution >= 4 is 30.3 Å². The predicted molar refractivity (Wildman–Crippen MR) is 95.8 cm³/mol. The van der Waals surface area contributed by atoms with Crippen LogP contribution >= 0.6 is 20.7 Å². The van der Waals surface area contributed by atoms with E-state index >= 15 is 0 Å². The van der Waals surface area contributed by atoms with Crippen LogP contribution in [0, 0.1) is 0 Å². The Bertz CT molecular complexity index is 624. The third-order valence-electron chi connectivity index (χ3n) is 3.19. The molecule has 0 aromatic carbocycles. The minimum atomic E-state index is -0.258. The molecule has 1 aliphatic rings. The number of nitrogens with zero attached hydrogens (tertiary/aromatic N) is 2. The summed E-state index contributed by atoms with van der Waals surface area (Å²) in [6.07, 6.45) is 11.1. The summed E-state index contributed by atoms with van der Waals surface area (Å²) >= 11 is -0.258. The molecule has 0 saturated heterocycles. The molecule has 2 rings (SSSR count). The van der Waals surface area contributed by atoms with Crippen molar-refractivity contribution in [3.63, 3.8) is 0 Å². The minimum absolute atomic E-state index is 0.155. The Hall–Kier alpha value is -1.21. The van der Waals surface area contributed by atoms with Gasteiger partial charge in [-0.1, -0.05) is 33.7 Å². The van der Waals surface area contributed by atoms with Crippen molar-refractivity contribution in [2.45, 2.75) is 33.2 Å². The van der Waals surface area contributed by atoms with Crippen molar-refractivity contribution in [3.8, 4) is 0 Å². The Kier molecular flexibility index (Phi) is 5.93. The van der Waals surface area contributed by atoms with E-state index in [1.807, 2.05) is 24.6 Å². The second-order valence-corrected chi connectivity index (χ2v) is 8.32. The molecule has 0 saturated carbocycles. The van der Waals surface area contributed by atoms with E-state index in [1.54, 1.807) is 6.08 Å². The van der Waals surface area contributed by atoms with Crippen LogP contribution in [0.5, 0.6) is 0 Å². The highest BCUT2D eigenvalue weighted by molar-refractivity contribution is 14.2. The van der Waals surface area contributed by atoms with Crippen LogP contribution in [0.15, 0.2) is 33.9 Å². The summed E-state index contributed by atoms with van der Waals surface area (Å²) in [5, 5.41) is 18.9. The summed E-state index contributed by atoms with van der Waals surface area (Å²) in [6.45, 7) is 5.04. The molecule has 114 valence electrons. The summed E-state index contributed by atoms with van der Waals surface area (Å²) in [5.74, 6) is 0.408. The maximum absolute atomic E-state index is 10.0. The lowest BCUT2D eigenvalue weighted by molar-refractivity contribution is 0.303. The topological polar surface area (TPSA) is 58.3 Å². The second-order valence-electron chi connectivity index (χ2n) is 4.78. The molecule has 0 amide bonds. The van der Waals surface area contributed by atoms with Crippen LogP contribution in [-0.4, -0.2) is 29.9 Å². The van der Waals surface area contributed by atoms with Crippen LogP contribution in [0.3, 0.4) is 0 Å². The summed E-state index contributed by atoms with van der Waals surface area (Å²) in [4.78, 5) is 4.46. The quantitative estimate of drug-likeness (QED) is 0.721. The number of aliphatic hydroxyl groups is 2. The van der Waals surface area contributed by atoms with Crippen molar-refractivity contribution in [3.05, 3.63) is 45.3 Å². The smallest absolute Gasteiger partial charge is 0.126 e. The average molecular weight is 400 g/mol. The van der Waals surface area contributed by atoms with Crippen LogP contribution < -0.4 is 0 Å². The number of hydrogen-bond acceptors (Lipinski definition) is 3. The van der Waals surface area contributed by atoms with Crippen molar-refractivity contribution in [2.24, 2.45) is 0 Å². The lowest BCUT2D eigenvalue weighted by atomic mass is 10.2. The molecule has 0 bridgehead atoms. The van der Waals surface area contributed by atoms with Gasteiger partial charge in [0.1, 0.15) is 5.76 Å². The van der Waals surface area contributed by atoms with Crippen molar-refractivity contribution in [2.75, 3.05) is 6.61 Å². The third-order valence-corrected chi connectivity index (χ3v) is 5.94. The van der Waals surface area contributed by atoms with Gasteiger partial charge < -0.3 is 14.8 Å². The molecule has 1 aliphatic heterocycles. The normalized spacial score (nSPS) is 15.5. The van der Waals surface area contributed by atoms with Crippen molar-refractivity contribution in [1.82, 2.24) is 9.55 Å². The molecule has 0 atom stereocenters. The number of hydrogen-bond donors (Lipinski definition) is 2. The zero-order valence-electron chi connectivity index (χ0n) is 12.4. The van der Waals surface area contributed by atoms with E-state index in [0.717, 1.165) is 21.3 Å². The molecular formula is C16H21IN2O2. The molecule has 0 unspecified atom stereocenters. The van der Waals surface area contributed by atoms with Gasteiger partial charge in [0.15, 0.2) is 0 Å². The van der Waals surface area contributed by atoms with Crippen molar-refractivity contribution in [1.29, 1.82) is 0 Å². The minimum Gasteiger partial charge on any atom is -0.507 e. The largest absolute Gasteiger partial charge is 0.507 e. The van der Waals surface area contributed by atoms with Gasteiger partial charge in [0.2, 0.25) is 0 Å². The number of imidazole rings is 1. The fourth-order valence-corrected chi connectivity index (χ4v) is 4.48. The molecule has 0 radical (unpaired) electrons. The van der Waals surface area contributed by atoms with E-state index in [0.29, 0.717) is 18.7 Å². The first kappa shape index (κ1) is 16.2. The Morgan fingerprint density at radius 3 is 2.90 bits per heavy atom. The van der Waals surface area contributed by atoms with Gasteiger partial charge in [-0.05, 0) is 41.6 Å². The Labute approximate surface area is 135 Å². The fraction of sp³-hybridized carbons (Fsp3) is 0.375.